The van der Waals surface area contributed by atoms with Crippen molar-refractivity contribution in [3.63, 3.8) is 0 Å². The van der Waals surface area contributed by atoms with E-state index in [1.165, 1.54) is 22.7 Å². The summed E-state index contributed by atoms with van der Waals surface area (Å²) in [6, 6.07) is 8.50. The number of aliphatic imine (C=N–C) groups is 1. The lowest BCUT2D eigenvalue weighted by molar-refractivity contribution is 0.372. The first-order valence-electron chi connectivity index (χ1n) is 10.8. The van der Waals surface area contributed by atoms with Gasteiger partial charge in [-0.15, -0.1) is 24.0 Å². The minimum atomic E-state index is 0. The standard InChI is InChI=1S/C21H29N9S.HI/c1-3-19-26-21(31-27-19)29-10-8-28(9-11-29)20(23-4-2)24-13-17-6-5-7-18(12-17)14-30-16-22-15-25-30;/h5-7,12,15-16H,3-4,8-11,13-14H2,1-2H3,(H,23,24);1H. The molecule has 32 heavy (non-hydrogen) atoms. The molecule has 1 fully saturated rings. The average Bonchev–Trinajstić information content (AvgIpc) is 3.49. The Morgan fingerprint density at radius 3 is 2.66 bits per heavy atom. The van der Waals surface area contributed by atoms with Crippen LogP contribution >= 0.6 is 35.5 Å². The SMILES string of the molecule is CCNC(=NCc1cccc(Cn2cncn2)c1)N1CCN(c2nc(CC)ns2)CC1.I. The fourth-order valence-electron chi connectivity index (χ4n) is 3.55. The Hall–Kier alpha value is -2.28. The second kappa shape index (κ2) is 12.1. The van der Waals surface area contributed by atoms with E-state index < -0.39 is 0 Å². The van der Waals surface area contributed by atoms with Crippen LogP contribution in [-0.4, -0.2) is 67.7 Å². The Balaban J connectivity index is 0.00000289. The Labute approximate surface area is 210 Å². The zero-order valence-electron chi connectivity index (χ0n) is 18.5. The molecule has 9 nitrogen and oxygen atoms in total. The van der Waals surface area contributed by atoms with Crippen molar-refractivity contribution in [3.05, 3.63) is 53.9 Å². The van der Waals surface area contributed by atoms with Gasteiger partial charge in [0.05, 0.1) is 13.1 Å². The number of hydrogen-bond acceptors (Lipinski definition) is 7. The van der Waals surface area contributed by atoms with Crippen molar-refractivity contribution < 1.29 is 0 Å². The highest BCUT2D eigenvalue weighted by Gasteiger charge is 2.22. The van der Waals surface area contributed by atoms with Gasteiger partial charge in [0.2, 0.25) is 5.13 Å². The van der Waals surface area contributed by atoms with Crippen LogP contribution in [0.4, 0.5) is 5.13 Å². The molecule has 0 saturated carbocycles. The zero-order valence-corrected chi connectivity index (χ0v) is 21.7. The number of halogens is 1. The Kier molecular flexibility index (Phi) is 9.21. The number of guanidine groups is 1. The molecule has 4 rings (SSSR count). The van der Waals surface area contributed by atoms with Crippen LogP contribution in [0.5, 0.6) is 0 Å². The van der Waals surface area contributed by atoms with Crippen molar-refractivity contribution in [2.24, 2.45) is 4.99 Å². The number of nitrogens with one attached hydrogen (secondary N) is 1. The maximum atomic E-state index is 4.91. The Morgan fingerprint density at radius 1 is 1.16 bits per heavy atom. The van der Waals surface area contributed by atoms with Crippen LogP contribution in [0, 0.1) is 0 Å². The third-order valence-corrected chi connectivity index (χ3v) is 5.99. The number of nitrogens with zero attached hydrogens (tertiary/aromatic N) is 8. The van der Waals surface area contributed by atoms with Gasteiger partial charge < -0.3 is 15.1 Å². The normalized spacial score (nSPS) is 14.4. The van der Waals surface area contributed by atoms with Crippen molar-refractivity contribution in [2.45, 2.75) is 33.4 Å². The summed E-state index contributed by atoms with van der Waals surface area (Å²) < 4.78 is 6.24. The quantitative estimate of drug-likeness (QED) is 0.267. The summed E-state index contributed by atoms with van der Waals surface area (Å²) in [4.78, 5) is 18.2. The minimum Gasteiger partial charge on any atom is -0.357 e. The first kappa shape index (κ1) is 24.4. The molecule has 172 valence electrons. The van der Waals surface area contributed by atoms with Gasteiger partial charge in [0.15, 0.2) is 5.96 Å². The molecule has 0 spiro atoms. The summed E-state index contributed by atoms with van der Waals surface area (Å²) >= 11 is 1.50. The molecule has 0 atom stereocenters. The highest BCUT2D eigenvalue weighted by Crippen LogP contribution is 2.19. The van der Waals surface area contributed by atoms with Crippen LogP contribution in [0.3, 0.4) is 0 Å². The van der Waals surface area contributed by atoms with E-state index in [1.54, 1.807) is 12.7 Å². The molecule has 1 N–H and O–H groups in total. The smallest absolute Gasteiger partial charge is 0.205 e. The molecule has 0 radical (unpaired) electrons. The average molecular weight is 568 g/mol. The van der Waals surface area contributed by atoms with Gasteiger partial charge in [-0.25, -0.2) is 19.6 Å². The van der Waals surface area contributed by atoms with Crippen molar-refractivity contribution >= 4 is 46.6 Å². The van der Waals surface area contributed by atoms with Gasteiger partial charge in [0.25, 0.3) is 0 Å². The van der Waals surface area contributed by atoms with Crippen molar-refractivity contribution in [1.29, 1.82) is 0 Å². The van der Waals surface area contributed by atoms with Gasteiger partial charge in [0, 0.05) is 50.7 Å². The third kappa shape index (κ3) is 6.37. The number of piperazine rings is 1. The fraction of sp³-hybridized carbons (Fsp3) is 0.476. The molecule has 1 aliphatic heterocycles. The van der Waals surface area contributed by atoms with Crippen LogP contribution in [0.25, 0.3) is 0 Å². The second-order valence-corrected chi connectivity index (χ2v) is 8.13. The molecule has 3 heterocycles. The lowest BCUT2D eigenvalue weighted by Gasteiger charge is -2.36. The summed E-state index contributed by atoms with van der Waals surface area (Å²) in [6.07, 6.45) is 4.18. The Morgan fingerprint density at radius 2 is 1.97 bits per heavy atom. The monoisotopic (exact) mass is 567 g/mol. The van der Waals surface area contributed by atoms with E-state index in [0.29, 0.717) is 13.1 Å². The maximum absolute atomic E-state index is 4.91. The van der Waals surface area contributed by atoms with Crippen molar-refractivity contribution in [2.75, 3.05) is 37.6 Å². The van der Waals surface area contributed by atoms with Crippen LogP contribution < -0.4 is 10.2 Å². The van der Waals surface area contributed by atoms with Gasteiger partial charge in [-0.3, -0.25) is 0 Å². The first-order chi connectivity index (χ1) is 15.2. The second-order valence-electron chi connectivity index (χ2n) is 7.40. The van der Waals surface area contributed by atoms with Crippen molar-refractivity contribution in [3.8, 4) is 0 Å². The molecule has 1 saturated heterocycles. The van der Waals surface area contributed by atoms with E-state index >= 15 is 0 Å². The predicted molar refractivity (Wildman–Crippen MR) is 139 cm³/mol. The zero-order chi connectivity index (χ0) is 21.5. The highest BCUT2D eigenvalue weighted by molar-refractivity contribution is 14.0. The topological polar surface area (TPSA) is 87.4 Å². The summed E-state index contributed by atoms with van der Waals surface area (Å²) in [5.41, 5.74) is 2.38. The largest absolute Gasteiger partial charge is 0.357 e. The molecule has 0 aliphatic carbocycles. The van der Waals surface area contributed by atoms with Crippen LogP contribution in [0.2, 0.25) is 0 Å². The van der Waals surface area contributed by atoms with Gasteiger partial charge in [-0.1, -0.05) is 31.2 Å². The Bertz CT molecular complexity index is 981. The van der Waals surface area contributed by atoms with Crippen molar-refractivity contribution in [1.82, 2.24) is 34.3 Å². The number of aromatic nitrogens is 5. The van der Waals surface area contributed by atoms with Crippen LogP contribution in [-0.2, 0) is 19.5 Å². The van der Waals surface area contributed by atoms with E-state index in [4.69, 9.17) is 4.99 Å². The third-order valence-electron chi connectivity index (χ3n) is 5.17. The summed E-state index contributed by atoms with van der Waals surface area (Å²) in [7, 11) is 0. The van der Waals surface area contributed by atoms with E-state index in [2.05, 4.69) is 72.7 Å². The number of anilines is 1. The molecular formula is C21H30IN9S. The molecular weight excluding hydrogens is 537 g/mol. The summed E-state index contributed by atoms with van der Waals surface area (Å²) in [6.45, 7) is 10.1. The molecule has 1 aromatic carbocycles. The van der Waals surface area contributed by atoms with Gasteiger partial charge in [-0.2, -0.15) is 9.47 Å². The molecule has 2 aromatic heterocycles. The molecule has 0 bridgehead atoms. The van der Waals surface area contributed by atoms with E-state index in [9.17, 15) is 0 Å². The lowest BCUT2D eigenvalue weighted by atomic mass is 10.1. The van der Waals surface area contributed by atoms with E-state index in [1.807, 2.05) is 4.68 Å². The summed E-state index contributed by atoms with van der Waals surface area (Å²) in [5.74, 6) is 1.90. The van der Waals surface area contributed by atoms with Gasteiger partial charge >= 0.3 is 0 Å². The molecule has 3 aromatic rings. The summed E-state index contributed by atoms with van der Waals surface area (Å²) in [5, 5.41) is 8.67. The molecule has 0 unspecified atom stereocenters. The van der Waals surface area contributed by atoms with Crippen LogP contribution in [0.15, 0.2) is 41.9 Å². The predicted octanol–water partition coefficient (Wildman–Crippen LogP) is 2.65. The highest BCUT2D eigenvalue weighted by atomic mass is 127. The fourth-order valence-corrected chi connectivity index (χ4v) is 4.35. The minimum absolute atomic E-state index is 0. The molecule has 0 amide bonds. The number of aryl methyl sites for hydroxylation is 1. The maximum Gasteiger partial charge on any atom is 0.205 e. The van der Waals surface area contributed by atoms with E-state index in [0.717, 1.165) is 56.1 Å². The van der Waals surface area contributed by atoms with Crippen LogP contribution in [0.1, 0.15) is 30.8 Å². The molecule has 11 heteroatoms. The van der Waals surface area contributed by atoms with Gasteiger partial charge in [0.1, 0.15) is 18.5 Å². The number of hydrogen-bond donors (Lipinski definition) is 1. The lowest BCUT2D eigenvalue weighted by Crippen LogP contribution is -2.52. The van der Waals surface area contributed by atoms with Gasteiger partial charge in [-0.05, 0) is 18.1 Å². The first-order valence-corrected chi connectivity index (χ1v) is 11.5. The van der Waals surface area contributed by atoms with E-state index in [-0.39, 0.29) is 24.0 Å². The number of rotatable bonds is 7. The number of benzene rings is 1. The molecule has 1 aliphatic rings.